The molecule has 1 unspecified atom stereocenters. The zero-order valence-corrected chi connectivity index (χ0v) is 22.1. The van der Waals surface area contributed by atoms with Crippen molar-refractivity contribution in [2.75, 3.05) is 25.9 Å². The van der Waals surface area contributed by atoms with Gasteiger partial charge in [-0.3, -0.25) is 24.1 Å². The second-order valence-electron chi connectivity index (χ2n) is 8.28. The zero-order chi connectivity index (χ0) is 26.7. The first-order valence-electron chi connectivity index (χ1n) is 11.2. The number of amides is 2. The monoisotopic (exact) mass is 571 g/mol. The molecule has 0 saturated carbocycles. The zero-order valence-electron chi connectivity index (χ0n) is 20.4. The van der Waals surface area contributed by atoms with Gasteiger partial charge in [0, 0.05) is 37.2 Å². The fourth-order valence-electron chi connectivity index (χ4n) is 3.95. The molecular weight excluding hydrogens is 546 g/mol. The van der Waals surface area contributed by atoms with Crippen LogP contribution < -0.4 is 20.5 Å². The molecule has 1 aromatic rings. The van der Waals surface area contributed by atoms with E-state index in [-0.39, 0.29) is 43.7 Å². The number of ether oxygens (including phenoxy) is 5. The number of nitrogens with zero attached hydrogens (tertiary/aromatic N) is 1. The molecule has 206 valence electrons. The number of nitrogens with two attached hydrogens (primary N) is 1. The number of para-hydroxylation sites is 1. The first kappa shape index (κ1) is 29.1. The van der Waals surface area contributed by atoms with Crippen LogP contribution in [0, 0.1) is 0 Å². The van der Waals surface area contributed by atoms with Gasteiger partial charge in [-0.05, 0) is 6.07 Å². The summed E-state index contributed by atoms with van der Waals surface area (Å²) in [6, 6.07) is 3.38. The number of nitrogens with one attached hydrogen (secondary N) is 1. The van der Waals surface area contributed by atoms with E-state index in [1.165, 1.54) is 23.6 Å². The third kappa shape index (κ3) is 6.14. The number of carbonyl (C=O) groups is 5. The highest BCUT2D eigenvalue weighted by Gasteiger charge is 2.54. The first-order chi connectivity index (χ1) is 17.7. The van der Waals surface area contributed by atoms with Gasteiger partial charge in [0.25, 0.3) is 5.91 Å². The quantitative estimate of drug-likeness (QED) is 0.231. The van der Waals surface area contributed by atoms with Gasteiger partial charge in [0.2, 0.25) is 19.5 Å². The molecule has 3 aliphatic heterocycles. The van der Waals surface area contributed by atoms with Crippen molar-refractivity contribution in [1.29, 1.82) is 0 Å². The van der Waals surface area contributed by atoms with Crippen LogP contribution in [-0.2, 0) is 44.6 Å². The highest BCUT2D eigenvalue weighted by molar-refractivity contribution is 8.00. The highest BCUT2D eigenvalue weighted by Crippen LogP contribution is 2.41. The van der Waals surface area contributed by atoms with Crippen molar-refractivity contribution in [3.05, 3.63) is 35.0 Å². The molecule has 1 aromatic carbocycles. The van der Waals surface area contributed by atoms with Crippen LogP contribution >= 0.6 is 24.2 Å². The first-order valence-corrected chi connectivity index (χ1v) is 12.3. The maximum atomic E-state index is 13.0. The number of fused-ring (bicyclic) bond motifs is 2. The lowest BCUT2D eigenvalue weighted by Crippen LogP contribution is -2.71. The predicted molar refractivity (Wildman–Crippen MR) is 133 cm³/mol. The Morgan fingerprint density at radius 2 is 1.89 bits per heavy atom. The summed E-state index contributed by atoms with van der Waals surface area (Å²) in [5, 5.41) is 2.05. The molecule has 0 spiro atoms. The smallest absolute Gasteiger partial charge is 0.358 e. The molecule has 4 rings (SSSR count). The summed E-state index contributed by atoms with van der Waals surface area (Å²) in [7, 11) is 0. The average Bonchev–Trinajstić information content (AvgIpc) is 3.34. The fourth-order valence-corrected chi connectivity index (χ4v) is 5.27. The maximum absolute atomic E-state index is 13.0. The summed E-state index contributed by atoms with van der Waals surface area (Å²) in [6.07, 6.45) is 0.154. The van der Waals surface area contributed by atoms with E-state index in [1.807, 2.05) is 0 Å². The molecular formula is C23H26ClN3O10S. The number of carbonyl (C=O) groups excluding carboxylic acids is 5. The molecule has 3 atom stereocenters. The number of benzene rings is 1. The predicted octanol–water partition coefficient (Wildman–Crippen LogP) is -0.0122. The molecule has 1 fully saturated rings. The Hall–Kier alpha value is -3.49. The van der Waals surface area contributed by atoms with Crippen molar-refractivity contribution < 1.29 is 47.7 Å². The minimum atomic E-state index is -0.977. The summed E-state index contributed by atoms with van der Waals surface area (Å²) in [5.41, 5.74) is 7.04. The van der Waals surface area contributed by atoms with E-state index in [4.69, 9.17) is 24.7 Å². The summed E-state index contributed by atoms with van der Waals surface area (Å²) >= 11 is 1.28. The Bertz CT molecular complexity index is 1180. The molecule has 13 nitrogen and oxygen atoms in total. The van der Waals surface area contributed by atoms with E-state index < -0.39 is 54.0 Å². The lowest BCUT2D eigenvalue weighted by Gasteiger charge is -2.49. The number of β-lactam (4-membered cyclic amide) rings is 1. The van der Waals surface area contributed by atoms with E-state index in [9.17, 15) is 24.0 Å². The van der Waals surface area contributed by atoms with Crippen LogP contribution in [0.15, 0.2) is 29.5 Å². The number of hydrogen-bond donors (Lipinski definition) is 2. The molecule has 2 amide bonds. The van der Waals surface area contributed by atoms with E-state index in [0.29, 0.717) is 22.6 Å². The molecule has 3 N–H and O–H groups in total. The van der Waals surface area contributed by atoms with E-state index >= 15 is 0 Å². The summed E-state index contributed by atoms with van der Waals surface area (Å²) < 4.78 is 25.4. The van der Waals surface area contributed by atoms with Gasteiger partial charge in [-0.1, -0.05) is 12.1 Å². The molecule has 0 radical (unpaired) electrons. The van der Waals surface area contributed by atoms with Crippen molar-refractivity contribution in [3.8, 4) is 11.5 Å². The minimum absolute atomic E-state index is 0. The van der Waals surface area contributed by atoms with Gasteiger partial charge < -0.3 is 34.7 Å². The third-order valence-corrected chi connectivity index (χ3v) is 7.03. The fraction of sp³-hybridized carbons (Fsp3) is 0.435. The van der Waals surface area contributed by atoms with Crippen molar-refractivity contribution in [1.82, 2.24) is 10.2 Å². The topological polar surface area (TPSA) is 173 Å². The lowest BCUT2D eigenvalue weighted by molar-refractivity contribution is -0.167. The molecule has 3 heterocycles. The molecule has 0 aliphatic carbocycles. The van der Waals surface area contributed by atoms with Crippen LogP contribution in [0.5, 0.6) is 11.5 Å². The van der Waals surface area contributed by atoms with Crippen LogP contribution in [0.2, 0.25) is 0 Å². The van der Waals surface area contributed by atoms with Crippen molar-refractivity contribution in [3.63, 3.8) is 0 Å². The van der Waals surface area contributed by atoms with Crippen molar-refractivity contribution >= 4 is 53.9 Å². The maximum Gasteiger partial charge on any atom is 0.358 e. The van der Waals surface area contributed by atoms with E-state index in [2.05, 4.69) is 10.1 Å². The summed E-state index contributed by atoms with van der Waals surface area (Å²) in [6.45, 7) is 1.56. The molecule has 1 saturated heterocycles. The lowest BCUT2D eigenvalue weighted by atomic mass is 10.0. The van der Waals surface area contributed by atoms with Gasteiger partial charge in [0.1, 0.15) is 23.7 Å². The summed E-state index contributed by atoms with van der Waals surface area (Å²) in [5.74, 6) is -1.94. The molecule has 3 aliphatic rings. The van der Waals surface area contributed by atoms with Gasteiger partial charge >= 0.3 is 17.9 Å². The Kier molecular flexibility index (Phi) is 9.46. The second kappa shape index (κ2) is 12.4. The number of halogens is 1. The van der Waals surface area contributed by atoms with Crippen LogP contribution in [-0.4, -0.2) is 78.0 Å². The Morgan fingerprint density at radius 1 is 1.16 bits per heavy atom. The third-order valence-electron chi connectivity index (χ3n) is 5.69. The van der Waals surface area contributed by atoms with E-state index in [0.717, 1.165) is 6.92 Å². The SMILES string of the molecule is CC(=O)OCOC(=O)C1=C(COC(C)=O)CS[C@@H]2[C@H](NC(=O)C(N)Cc3cccc4c3OCO4)C(=O)N12.Cl. The molecule has 38 heavy (non-hydrogen) atoms. The van der Waals surface area contributed by atoms with Gasteiger partial charge in [0.05, 0.1) is 6.04 Å². The number of hydrogen-bond acceptors (Lipinski definition) is 12. The normalized spacial score (nSPS) is 19.9. The Morgan fingerprint density at radius 3 is 2.61 bits per heavy atom. The largest absolute Gasteiger partial charge is 0.461 e. The van der Waals surface area contributed by atoms with Gasteiger partial charge in [-0.25, -0.2) is 4.79 Å². The standard InChI is InChI=1S/C23H25N3O10S.ClH/c1-11(27)32-7-14-8-37-22-17(21(30)26(22)18(14)23(31)36-9-33-12(2)28)25-20(29)15(24)6-13-4-3-5-16-19(13)35-10-34-16;/h3-5,15,17,22H,6-10,24H2,1-2H3,(H,25,29);1H/t15?,17-,22-;/m1./s1. The van der Waals surface area contributed by atoms with Gasteiger partial charge in [-0.15, -0.1) is 24.2 Å². The molecule has 0 bridgehead atoms. The van der Waals surface area contributed by atoms with Crippen LogP contribution in [0.3, 0.4) is 0 Å². The molecule has 15 heteroatoms. The van der Waals surface area contributed by atoms with E-state index in [1.54, 1.807) is 18.2 Å². The molecule has 0 aromatic heterocycles. The van der Waals surface area contributed by atoms with Crippen molar-refractivity contribution in [2.45, 2.75) is 37.7 Å². The van der Waals surface area contributed by atoms with Gasteiger partial charge in [-0.2, -0.15) is 0 Å². The summed E-state index contributed by atoms with van der Waals surface area (Å²) in [4.78, 5) is 62.1. The highest BCUT2D eigenvalue weighted by atomic mass is 35.5. The Labute approximate surface area is 227 Å². The minimum Gasteiger partial charge on any atom is -0.461 e. The second-order valence-corrected chi connectivity index (χ2v) is 9.38. The Balaban J connectivity index is 0.00000400. The average molecular weight is 572 g/mol. The van der Waals surface area contributed by atoms with Crippen molar-refractivity contribution in [2.24, 2.45) is 5.73 Å². The number of rotatable bonds is 9. The van der Waals surface area contributed by atoms with Crippen LogP contribution in [0.25, 0.3) is 0 Å². The van der Waals surface area contributed by atoms with Crippen LogP contribution in [0.1, 0.15) is 19.4 Å². The number of thioether (sulfide) groups is 1. The van der Waals surface area contributed by atoms with Gasteiger partial charge in [0.15, 0.2) is 11.5 Å². The van der Waals surface area contributed by atoms with Crippen LogP contribution in [0.4, 0.5) is 0 Å². The number of esters is 3.